The van der Waals surface area contributed by atoms with Gasteiger partial charge < -0.3 is 4.42 Å². The second-order valence-corrected chi connectivity index (χ2v) is 3.88. The molecule has 0 unspecified atom stereocenters. The van der Waals surface area contributed by atoms with E-state index in [1.54, 1.807) is 0 Å². The predicted octanol–water partition coefficient (Wildman–Crippen LogP) is 4.07. The van der Waals surface area contributed by atoms with E-state index < -0.39 is 0 Å². The minimum Gasteiger partial charge on any atom is -0.449 e. The first-order chi connectivity index (χ1) is 6.24. The van der Waals surface area contributed by atoms with E-state index in [0.717, 1.165) is 16.7 Å². The van der Waals surface area contributed by atoms with Crippen LogP contribution in [0.5, 0.6) is 0 Å². The van der Waals surface area contributed by atoms with E-state index in [0.29, 0.717) is 0 Å². The van der Waals surface area contributed by atoms with Crippen molar-refractivity contribution in [2.45, 2.75) is 20.3 Å². The lowest BCUT2D eigenvalue weighted by Crippen LogP contribution is -1.77. The zero-order chi connectivity index (χ0) is 9.42. The molecule has 0 atom stereocenters. The molecule has 2 aromatic rings. The summed E-state index contributed by atoms with van der Waals surface area (Å²) in [5, 5.41) is 1.23. The standard InChI is InChI=1S/C11H11BrO/c1-3-8-9-6-4-5-7(2)10(9)13-11(8)12/h4-6H,3H2,1-2H3. The topological polar surface area (TPSA) is 13.1 Å². The van der Waals surface area contributed by atoms with Crippen molar-refractivity contribution in [3.63, 3.8) is 0 Å². The number of aryl methyl sites for hydroxylation is 2. The van der Waals surface area contributed by atoms with E-state index in [1.807, 2.05) is 0 Å². The highest BCUT2D eigenvalue weighted by atomic mass is 79.9. The van der Waals surface area contributed by atoms with Crippen molar-refractivity contribution in [2.75, 3.05) is 0 Å². The third kappa shape index (κ3) is 1.29. The quantitative estimate of drug-likeness (QED) is 0.731. The molecule has 0 aliphatic rings. The number of fused-ring (bicyclic) bond motifs is 1. The van der Waals surface area contributed by atoms with E-state index in [4.69, 9.17) is 4.42 Å². The molecule has 0 aliphatic carbocycles. The lowest BCUT2D eigenvalue weighted by molar-refractivity contribution is 0.579. The molecule has 2 heteroatoms. The van der Waals surface area contributed by atoms with Crippen LogP contribution in [-0.4, -0.2) is 0 Å². The van der Waals surface area contributed by atoms with Gasteiger partial charge in [-0.2, -0.15) is 0 Å². The second kappa shape index (κ2) is 3.18. The van der Waals surface area contributed by atoms with E-state index in [1.165, 1.54) is 16.5 Å². The molecule has 13 heavy (non-hydrogen) atoms. The van der Waals surface area contributed by atoms with Crippen molar-refractivity contribution in [1.82, 2.24) is 0 Å². The lowest BCUT2D eigenvalue weighted by Gasteiger charge is -1.93. The van der Waals surface area contributed by atoms with Gasteiger partial charge in [0.15, 0.2) is 4.67 Å². The molecule has 0 amide bonds. The van der Waals surface area contributed by atoms with Gasteiger partial charge >= 0.3 is 0 Å². The number of hydrogen-bond donors (Lipinski definition) is 0. The van der Waals surface area contributed by atoms with Gasteiger partial charge in [0.2, 0.25) is 0 Å². The van der Waals surface area contributed by atoms with Gasteiger partial charge in [-0.25, -0.2) is 0 Å². The monoisotopic (exact) mass is 238 g/mol. The van der Waals surface area contributed by atoms with Crippen molar-refractivity contribution in [3.05, 3.63) is 34.0 Å². The lowest BCUT2D eigenvalue weighted by atomic mass is 10.1. The summed E-state index contributed by atoms with van der Waals surface area (Å²) in [6.45, 7) is 4.20. The largest absolute Gasteiger partial charge is 0.449 e. The number of rotatable bonds is 1. The normalized spacial score (nSPS) is 11.0. The summed E-state index contributed by atoms with van der Waals surface area (Å²) >= 11 is 3.44. The SMILES string of the molecule is CCc1c(Br)oc2c(C)cccc12. The second-order valence-electron chi connectivity index (χ2n) is 3.16. The fourth-order valence-corrected chi connectivity index (χ4v) is 2.27. The minimum absolute atomic E-state index is 0.874. The van der Waals surface area contributed by atoms with E-state index >= 15 is 0 Å². The molecule has 68 valence electrons. The predicted molar refractivity (Wildman–Crippen MR) is 58.0 cm³/mol. The van der Waals surface area contributed by atoms with Crippen LogP contribution in [0.3, 0.4) is 0 Å². The molecular formula is C11H11BrO. The molecule has 0 N–H and O–H groups in total. The highest BCUT2D eigenvalue weighted by Crippen LogP contribution is 2.31. The number of hydrogen-bond acceptors (Lipinski definition) is 1. The van der Waals surface area contributed by atoms with Crippen molar-refractivity contribution < 1.29 is 4.42 Å². The molecule has 2 rings (SSSR count). The van der Waals surface area contributed by atoms with Gasteiger partial charge in [0.05, 0.1) is 0 Å². The first-order valence-corrected chi connectivity index (χ1v) is 5.19. The Morgan fingerprint density at radius 2 is 2.15 bits per heavy atom. The fourth-order valence-electron chi connectivity index (χ4n) is 1.61. The molecule has 0 radical (unpaired) electrons. The molecule has 0 aliphatic heterocycles. The number of para-hydroxylation sites is 1. The summed E-state index contributed by atoms with van der Waals surface area (Å²) < 4.78 is 6.51. The van der Waals surface area contributed by atoms with Crippen LogP contribution >= 0.6 is 15.9 Å². The maximum Gasteiger partial charge on any atom is 0.173 e. The third-order valence-electron chi connectivity index (χ3n) is 2.32. The molecular weight excluding hydrogens is 228 g/mol. The smallest absolute Gasteiger partial charge is 0.173 e. The summed E-state index contributed by atoms with van der Waals surface area (Å²) in [5.41, 5.74) is 3.46. The molecule has 0 saturated heterocycles. The zero-order valence-corrected chi connectivity index (χ0v) is 9.31. The average molecular weight is 239 g/mol. The van der Waals surface area contributed by atoms with Crippen LogP contribution in [0, 0.1) is 6.92 Å². The van der Waals surface area contributed by atoms with Crippen molar-refractivity contribution in [2.24, 2.45) is 0 Å². The van der Waals surface area contributed by atoms with Crippen LogP contribution in [0.25, 0.3) is 11.0 Å². The summed E-state index contributed by atoms with van der Waals surface area (Å²) in [7, 11) is 0. The molecule has 0 bridgehead atoms. The van der Waals surface area contributed by atoms with Crippen LogP contribution in [0.4, 0.5) is 0 Å². The molecule has 1 heterocycles. The van der Waals surface area contributed by atoms with Crippen LogP contribution in [0.15, 0.2) is 27.3 Å². The third-order valence-corrected chi connectivity index (χ3v) is 2.96. The summed E-state index contributed by atoms with van der Waals surface area (Å²) in [4.78, 5) is 0. The fraction of sp³-hybridized carbons (Fsp3) is 0.273. The number of halogens is 1. The van der Waals surface area contributed by atoms with Crippen molar-refractivity contribution in [1.29, 1.82) is 0 Å². The summed E-state index contributed by atoms with van der Waals surface area (Å²) in [6.07, 6.45) is 0.997. The first-order valence-electron chi connectivity index (χ1n) is 4.40. The Balaban J connectivity index is 2.86. The highest BCUT2D eigenvalue weighted by Gasteiger charge is 2.10. The Hall–Kier alpha value is -0.760. The molecule has 0 saturated carbocycles. The van der Waals surface area contributed by atoms with Crippen molar-refractivity contribution in [3.8, 4) is 0 Å². The van der Waals surface area contributed by atoms with Crippen LogP contribution in [-0.2, 0) is 6.42 Å². The van der Waals surface area contributed by atoms with Gasteiger partial charge in [0, 0.05) is 10.9 Å². The maximum absolute atomic E-state index is 5.64. The average Bonchev–Trinajstić information content (AvgIpc) is 2.43. The van der Waals surface area contributed by atoms with Gasteiger partial charge in [-0.1, -0.05) is 25.1 Å². The van der Waals surface area contributed by atoms with Crippen molar-refractivity contribution >= 4 is 26.9 Å². The minimum atomic E-state index is 0.874. The molecule has 1 aromatic carbocycles. The Morgan fingerprint density at radius 1 is 1.38 bits per heavy atom. The summed E-state index contributed by atoms with van der Waals surface area (Å²) in [6, 6.07) is 6.24. The van der Waals surface area contributed by atoms with E-state index in [2.05, 4.69) is 48.0 Å². The van der Waals surface area contributed by atoms with E-state index in [9.17, 15) is 0 Å². The van der Waals surface area contributed by atoms with Gasteiger partial charge in [0.1, 0.15) is 5.58 Å². The molecule has 0 spiro atoms. The Kier molecular flexibility index (Phi) is 2.16. The first kappa shape index (κ1) is 8.82. The Labute approximate surface area is 85.9 Å². The summed E-state index contributed by atoms with van der Waals surface area (Å²) in [5.74, 6) is 0. The van der Waals surface area contributed by atoms with Gasteiger partial charge in [-0.05, 0) is 34.8 Å². The number of benzene rings is 1. The molecule has 0 fully saturated rings. The highest BCUT2D eigenvalue weighted by molar-refractivity contribution is 9.10. The van der Waals surface area contributed by atoms with Crippen LogP contribution in [0.1, 0.15) is 18.1 Å². The van der Waals surface area contributed by atoms with Gasteiger partial charge in [0.25, 0.3) is 0 Å². The van der Waals surface area contributed by atoms with Crippen LogP contribution in [0.2, 0.25) is 0 Å². The van der Waals surface area contributed by atoms with Crippen LogP contribution < -0.4 is 0 Å². The number of furan rings is 1. The zero-order valence-electron chi connectivity index (χ0n) is 7.73. The Bertz CT molecular complexity index is 443. The molecule has 1 nitrogen and oxygen atoms in total. The van der Waals surface area contributed by atoms with E-state index in [-0.39, 0.29) is 0 Å². The van der Waals surface area contributed by atoms with Gasteiger partial charge in [-0.15, -0.1) is 0 Å². The Morgan fingerprint density at radius 3 is 2.85 bits per heavy atom. The maximum atomic E-state index is 5.64. The van der Waals surface area contributed by atoms with Gasteiger partial charge in [-0.3, -0.25) is 0 Å². The molecule has 1 aromatic heterocycles.